The summed E-state index contributed by atoms with van der Waals surface area (Å²) in [5, 5.41) is 9.33. The lowest BCUT2D eigenvalue weighted by molar-refractivity contribution is 0.0694. The zero-order valence-corrected chi connectivity index (χ0v) is 11.6. The number of hydrogen-bond donors (Lipinski definition) is 1. The van der Waals surface area contributed by atoms with E-state index >= 15 is 0 Å². The summed E-state index contributed by atoms with van der Waals surface area (Å²) in [6, 6.07) is 3.75. The van der Waals surface area contributed by atoms with Gasteiger partial charge in [0.1, 0.15) is 11.4 Å². The highest BCUT2D eigenvalue weighted by Gasteiger charge is 2.18. The second-order valence-electron chi connectivity index (χ2n) is 6.03. The van der Waals surface area contributed by atoms with E-state index < -0.39 is 17.2 Å². The van der Waals surface area contributed by atoms with Crippen LogP contribution >= 0.6 is 0 Å². The monoisotopic (exact) mass is 277 g/mol. The number of carboxylic acids is 1. The summed E-state index contributed by atoms with van der Waals surface area (Å²) in [5.41, 5.74) is -0.606. The largest absolute Gasteiger partial charge is 0.477 e. The molecule has 0 spiro atoms. The van der Waals surface area contributed by atoms with Crippen molar-refractivity contribution in [2.24, 2.45) is 5.41 Å². The molecule has 0 unspecified atom stereocenters. The van der Waals surface area contributed by atoms with E-state index in [2.05, 4.69) is 0 Å². The van der Waals surface area contributed by atoms with Gasteiger partial charge in [-0.05, 0) is 23.6 Å². The quantitative estimate of drug-likeness (QED) is 0.918. The highest BCUT2D eigenvalue weighted by atomic mass is 19.1. The molecule has 0 bridgehead atoms. The number of carbonyl (C=O) groups is 1. The molecule has 0 atom stereocenters. The molecular formula is C15H16FNO3. The van der Waals surface area contributed by atoms with Crippen molar-refractivity contribution in [2.75, 3.05) is 0 Å². The Labute approximate surface area is 115 Å². The van der Waals surface area contributed by atoms with E-state index in [4.69, 9.17) is 5.11 Å². The maximum atomic E-state index is 13.4. The third-order valence-corrected chi connectivity index (χ3v) is 2.92. The van der Waals surface area contributed by atoms with Crippen molar-refractivity contribution in [1.82, 2.24) is 4.57 Å². The van der Waals surface area contributed by atoms with Gasteiger partial charge in [0, 0.05) is 18.1 Å². The van der Waals surface area contributed by atoms with Crippen LogP contribution in [0.15, 0.2) is 29.2 Å². The molecule has 2 aromatic rings. The molecule has 106 valence electrons. The Morgan fingerprint density at radius 3 is 2.55 bits per heavy atom. The smallest absolute Gasteiger partial charge is 0.341 e. The lowest BCUT2D eigenvalue weighted by Crippen LogP contribution is -2.23. The van der Waals surface area contributed by atoms with Crippen LogP contribution in [-0.2, 0) is 6.54 Å². The number of benzene rings is 1. The summed E-state index contributed by atoms with van der Waals surface area (Å²) in [6.07, 6.45) is 1.29. The van der Waals surface area contributed by atoms with E-state index in [-0.39, 0.29) is 16.4 Å². The number of carboxylic acid groups (broad SMARTS) is 1. The molecule has 1 aromatic heterocycles. The fourth-order valence-electron chi connectivity index (χ4n) is 2.16. The first kappa shape index (κ1) is 14.2. The van der Waals surface area contributed by atoms with E-state index in [1.54, 1.807) is 4.57 Å². The van der Waals surface area contributed by atoms with Gasteiger partial charge in [0.25, 0.3) is 0 Å². The second-order valence-corrected chi connectivity index (χ2v) is 6.03. The van der Waals surface area contributed by atoms with Crippen molar-refractivity contribution in [3.05, 3.63) is 46.0 Å². The average Bonchev–Trinajstić information content (AvgIpc) is 2.30. The third kappa shape index (κ3) is 2.71. The molecule has 0 amide bonds. The van der Waals surface area contributed by atoms with Gasteiger partial charge in [0.15, 0.2) is 0 Å². The maximum absolute atomic E-state index is 13.4. The van der Waals surface area contributed by atoms with Gasteiger partial charge in [0.2, 0.25) is 5.43 Å². The Kier molecular flexibility index (Phi) is 3.38. The minimum absolute atomic E-state index is 0.135. The molecule has 0 aliphatic heterocycles. The van der Waals surface area contributed by atoms with Crippen molar-refractivity contribution < 1.29 is 14.3 Å². The van der Waals surface area contributed by atoms with E-state index in [9.17, 15) is 14.0 Å². The Morgan fingerprint density at radius 1 is 1.35 bits per heavy atom. The molecule has 1 aromatic carbocycles. The lowest BCUT2D eigenvalue weighted by Gasteiger charge is -2.22. The van der Waals surface area contributed by atoms with Crippen LogP contribution in [0.25, 0.3) is 10.9 Å². The van der Waals surface area contributed by atoms with Gasteiger partial charge in [0.05, 0.1) is 5.52 Å². The molecule has 20 heavy (non-hydrogen) atoms. The average molecular weight is 277 g/mol. The van der Waals surface area contributed by atoms with E-state index in [1.807, 2.05) is 20.8 Å². The molecule has 2 rings (SSSR count). The summed E-state index contributed by atoms with van der Waals surface area (Å²) in [7, 11) is 0. The molecular weight excluding hydrogens is 261 g/mol. The van der Waals surface area contributed by atoms with Crippen molar-refractivity contribution in [3.63, 3.8) is 0 Å². The molecule has 0 radical (unpaired) electrons. The fourth-order valence-corrected chi connectivity index (χ4v) is 2.16. The predicted molar refractivity (Wildman–Crippen MR) is 74.6 cm³/mol. The number of hydrogen-bond acceptors (Lipinski definition) is 2. The van der Waals surface area contributed by atoms with Crippen LogP contribution in [0, 0.1) is 11.2 Å². The van der Waals surface area contributed by atoms with Gasteiger partial charge in [-0.2, -0.15) is 0 Å². The summed E-state index contributed by atoms with van der Waals surface area (Å²) in [4.78, 5) is 23.2. The minimum atomic E-state index is -1.27. The van der Waals surface area contributed by atoms with Crippen molar-refractivity contribution in [2.45, 2.75) is 27.3 Å². The summed E-state index contributed by atoms with van der Waals surface area (Å²) >= 11 is 0. The van der Waals surface area contributed by atoms with Crippen LogP contribution in [0.3, 0.4) is 0 Å². The molecule has 1 N–H and O–H groups in total. The first-order chi connectivity index (χ1) is 9.19. The summed E-state index contributed by atoms with van der Waals surface area (Å²) in [5.74, 6) is -1.73. The topological polar surface area (TPSA) is 59.3 Å². The van der Waals surface area contributed by atoms with Crippen molar-refractivity contribution in [1.29, 1.82) is 0 Å². The molecule has 0 saturated carbocycles. The Bertz CT molecular complexity index is 741. The van der Waals surface area contributed by atoms with E-state index in [0.29, 0.717) is 12.1 Å². The number of aromatic carboxylic acids is 1. The van der Waals surface area contributed by atoms with Crippen molar-refractivity contribution in [3.8, 4) is 0 Å². The van der Waals surface area contributed by atoms with Gasteiger partial charge < -0.3 is 9.67 Å². The van der Waals surface area contributed by atoms with Crippen LogP contribution in [-0.4, -0.2) is 15.6 Å². The Hall–Kier alpha value is -2.17. The first-order valence-corrected chi connectivity index (χ1v) is 6.25. The number of aromatic nitrogens is 1. The van der Waals surface area contributed by atoms with Gasteiger partial charge in [-0.25, -0.2) is 9.18 Å². The zero-order valence-electron chi connectivity index (χ0n) is 11.6. The standard InChI is InChI=1S/C15H16FNO3/c1-15(2,3)8-17-7-11(14(19)20)13(18)10-5-4-9(16)6-12(10)17/h4-7H,8H2,1-3H3,(H,19,20). The lowest BCUT2D eigenvalue weighted by atomic mass is 9.96. The van der Waals surface area contributed by atoms with Gasteiger partial charge >= 0.3 is 5.97 Å². The van der Waals surface area contributed by atoms with E-state index in [0.717, 1.165) is 6.07 Å². The van der Waals surface area contributed by atoms with Crippen LogP contribution in [0.4, 0.5) is 4.39 Å². The van der Waals surface area contributed by atoms with Crippen LogP contribution in [0.2, 0.25) is 0 Å². The first-order valence-electron chi connectivity index (χ1n) is 6.25. The molecule has 0 fully saturated rings. The number of halogens is 1. The van der Waals surface area contributed by atoms with Gasteiger partial charge in [-0.3, -0.25) is 4.79 Å². The van der Waals surface area contributed by atoms with Gasteiger partial charge in [-0.1, -0.05) is 20.8 Å². The molecule has 4 nitrogen and oxygen atoms in total. The number of rotatable bonds is 2. The van der Waals surface area contributed by atoms with Crippen molar-refractivity contribution >= 4 is 16.9 Å². The second kappa shape index (κ2) is 4.74. The van der Waals surface area contributed by atoms with E-state index in [1.165, 1.54) is 18.3 Å². The third-order valence-electron chi connectivity index (χ3n) is 2.92. The predicted octanol–water partition coefficient (Wildman–Crippen LogP) is 2.88. The Morgan fingerprint density at radius 2 is 2.00 bits per heavy atom. The fraction of sp³-hybridized carbons (Fsp3) is 0.333. The van der Waals surface area contributed by atoms with Crippen LogP contribution in [0.1, 0.15) is 31.1 Å². The van der Waals surface area contributed by atoms with Crippen LogP contribution < -0.4 is 5.43 Å². The number of fused-ring (bicyclic) bond motifs is 1. The molecule has 1 heterocycles. The highest BCUT2D eigenvalue weighted by Crippen LogP contribution is 2.21. The maximum Gasteiger partial charge on any atom is 0.341 e. The normalized spacial score (nSPS) is 11.8. The molecule has 0 aliphatic carbocycles. The van der Waals surface area contributed by atoms with Gasteiger partial charge in [-0.15, -0.1) is 0 Å². The minimum Gasteiger partial charge on any atom is -0.477 e. The summed E-state index contributed by atoms with van der Waals surface area (Å²) in [6.45, 7) is 6.43. The highest BCUT2D eigenvalue weighted by molar-refractivity contribution is 5.92. The molecule has 5 heteroatoms. The number of nitrogens with zero attached hydrogens (tertiary/aromatic N) is 1. The SMILES string of the molecule is CC(C)(C)Cn1cc(C(=O)O)c(=O)c2ccc(F)cc21. The molecule has 0 saturated heterocycles. The zero-order chi connectivity index (χ0) is 15.1. The van der Waals surface area contributed by atoms with Crippen LogP contribution in [0.5, 0.6) is 0 Å². The molecule has 0 aliphatic rings. The number of pyridine rings is 1. The summed E-state index contributed by atoms with van der Waals surface area (Å²) < 4.78 is 15.0. The Balaban J connectivity index is 2.83.